The van der Waals surface area contributed by atoms with Crippen molar-refractivity contribution in [1.29, 1.82) is 0 Å². The minimum atomic E-state index is -0.119. The van der Waals surface area contributed by atoms with Crippen LogP contribution in [-0.4, -0.2) is 25.0 Å². The van der Waals surface area contributed by atoms with E-state index in [9.17, 15) is 4.79 Å². The van der Waals surface area contributed by atoms with Gasteiger partial charge in [-0.2, -0.15) is 0 Å². The SMILES string of the molecule is COc1ccc(N(C)C(=O)c2ccccc2Nc2ccccc2)cn1. The van der Waals surface area contributed by atoms with Crippen molar-refractivity contribution in [3.63, 3.8) is 0 Å². The zero-order valence-corrected chi connectivity index (χ0v) is 14.1. The molecule has 3 aromatic rings. The summed E-state index contributed by atoms with van der Waals surface area (Å²) in [7, 11) is 3.29. The highest BCUT2D eigenvalue weighted by molar-refractivity contribution is 6.09. The number of anilines is 3. The fourth-order valence-corrected chi connectivity index (χ4v) is 2.45. The standard InChI is InChI=1S/C20H19N3O2/c1-23(16-12-13-19(25-2)21-14-16)20(24)17-10-6-7-11-18(17)22-15-8-4-3-5-9-15/h3-14,22H,1-2H3. The summed E-state index contributed by atoms with van der Waals surface area (Å²) < 4.78 is 5.05. The molecule has 5 heteroatoms. The van der Waals surface area contributed by atoms with Crippen LogP contribution in [0.1, 0.15) is 10.4 Å². The number of methoxy groups -OCH3 is 1. The first-order valence-electron chi connectivity index (χ1n) is 7.88. The number of carbonyl (C=O) groups excluding carboxylic acids is 1. The number of nitrogens with one attached hydrogen (secondary N) is 1. The fraction of sp³-hybridized carbons (Fsp3) is 0.100. The predicted molar refractivity (Wildman–Crippen MR) is 99.7 cm³/mol. The lowest BCUT2D eigenvalue weighted by atomic mass is 10.1. The Hall–Kier alpha value is -3.34. The summed E-state index contributed by atoms with van der Waals surface area (Å²) in [6.45, 7) is 0. The molecule has 5 nitrogen and oxygen atoms in total. The number of pyridine rings is 1. The minimum Gasteiger partial charge on any atom is -0.481 e. The molecule has 1 heterocycles. The quantitative estimate of drug-likeness (QED) is 0.763. The Kier molecular flexibility index (Phi) is 4.95. The molecule has 0 aliphatic heterocycles. The van der Waals surface area contributed by atoms with E-state index in [-0.39, 0.29) is 5.91 Å². The summed E-state index contributed by atoms with van der Waals surface area (Å²) in [5.41, 5.74) is 2.97. The van der Waals surface area contributed by atoms with Crippen molar-refractivity contribution in [3.8, 4) is 5.88 Å². The van der Waals surface area contributed by atoms with Crippen molar-refractivity contribution in [2.24, 2.45) is 0 Å². The van der Waals surface area contributed by atoms with Crippen molar-refractivity contribution in [1.82, 2.24) is 4.98 Å². The summed E-state index contributed by atoms with van der Waals surface area (Å²) in [4.78, 5) is 18.7. The molecular formula is C20H19N3O2. The fourth-order valence-electron chi connectivity index (χ4n) is 2.45. The number of nitrogens with zero attached hydrogens (tertiary/aromatic N) is 2. The van der Waals surface area contributed by atoms with Crippen molar-refractivity contribution < 1.29 is 9.53 Å². The molecule has 25 heavy (non-hydrogen) atoms. The molecule has 0 aliphatic carbocycles. The van der Waals surface area contributed by atoms with Crippen LogP contribution >= 0.6 is 0 Å². The number of hydrogen-bond donors (Lipinski definition) is 1. The minimum absolute atomic E-state index is 0.119. The molecule has 3 rings (SSSR count). The maximum Gasteiger partial charge on any atom is 0.260 e. The third kappa shape index (κ3) is 3.77. The number of rotatable bonds is 5. The molecule has 0 unspecified atom stereocenters. The molecule has 0 atom stereocenters. The molecule has 126 valence electrons. The van der Waals surface area contributed by atoms with Crippen LogP contribution in [0.5, 0.6) is 5.88 Å². The van der Waals surface area contributed by atoms with Crippen LogP contribution in [0.15, 0.2) is 72.9 Å². The van der Waals surface area contributed by atoms with Crippen LogP contribution in [-0.2, 0) is 0 Å². The second kappa shape index (κ2) is 7.49. The number of hydrogen-bond acceptors (Lipinski definition) is 4. The summed E-state index contributed by atoms with van der Waals surface area (Å²) in [6, 6.07) is 20.7. The van der Waals surface area contributed by atoms with Crippen LogP contribution in [0.3, 0.4) is 0 Å². The number of para-hydroxylation sites is 2. The zero-order valence-electron chi connectivity index (χ0n) is 14.1. The highest BCUT2D eigenvalue weighted by Crippen LogP contribution is 2.24. The van der Waals surface area contributed by atoms with Gasteiger partial charge in [0.1, 0.15) is 0 Å². The first-order valence-corrected chi connectivity index (χ1v) is 7.88. The normalized spacial score (nSPS) is 10.2. The van der Waals surface area contributed by atoms with Crippen molar-refractivity contribution in [3.05, 3.63) is 78.5 Å². The van der Waals surface area contributed by atoms with Crippen LogP contribution in [0.2, 0.25) is 0 Å². The van der Waals surface area contributed by atoms with Gasteiger partial charge in [-0.3, -0.25) is 4.79 Å². The summed E-state index contributed by atoms with van der Waals surface area (Å²) in [6.07, 6.45) is 1.62. The Morgan fingerprint density at radius 1 is 1.00 bits per heavy atom. The number of ether oxygens (including phenoxy) is 1. The Morgan fingerprint density at radius 3 is 2.40 bits per heavy atom. The molecule has 0 saturated carbocycles. The number of carbonyl (C=O) groups is 1. The highest BCUT2D eigenvalue weighted by Gasteiger charge is 2.17. The topological polar surface area (TPSA) is 54.5 Å². The van der Waals surface area contributed by atoms with E-state index in [1.54, 1.807) is 43.5 Å². The van der Waals surface area contributed by atoms with Gasteiger partial charge >= 0.3 is 0 Å². The molecule has 2 aromatic carbocycles. The molecular weight excluding hydrogens is 314 g/mol. The maximum absolute atomic E-state index is 12.9. The van der Waals surface area contributed by atoms with Crippen LogP contribution < -0.4 is 15.0 Å². The van der Waals surface area contributed by atoms with Gasteiger partial charge in [-0.05, 0) is 30.3 Å². The molecule has 0 radical (unpaired) electrons. The van der Waals surface area contributed by atoms with Crippen molar-refractivity contribution >= 4 is 23.0 Å². The number of benzene rings is 2. The van der Waals surface area contributed by atoms with Gasteiger partial charge in [-0.1, -0.05) is 30.3 Å². The predicted octanol–water partition coefficient (Wildman–Crippen LogP) is 4.11. The lowest BCUT2D eigenvalue weighted by Gasteiger charge is -2.19. The lowest BCUT2D eigenvalue weighted by molar-refractivity contribution is 0.0993. The third-order valence-electron chi connectivity index (χ3n) is 3.83. The maximum atomic E-state index is 12.9. The van der Waals surface area contributed by atoms with E-state index in [0.29, 0.717) is 17.1 Å². The summed E-state index contributed by atoms with van der Waals surface area (Å²) in [5.74, 6) is 0.391. The Morgan fingerprint density at radius 2 is 1.72 bits per heavy atom. The molecule has 0 fully saturated rings. The van der Waals surface area contributed by atoms with Crippen molar-refractivity contribution in [2.75, 3.05) is 24.4 Å². The molecule has 0 aliphatic rings. The Labute approximate surface area is 146 Å². The Balaban J connectivity index is 1.86. The molecule has 0 saturated heterocycles. The lowest BCUT2D eigenvalue weighted by Crippen LogP contribution is -2.27. The monoisotopic (exact) mass is 333 g/mol. The van der Waals surface area contributed by atoms with Gasteiger partial charge in [0.15, 0.2) is 0 Å². The second-order valence-electron chi connectivity index (χ2n) is 5.46. The molecule has 1 amide bonds. The van der Waals surface area contributed by atoms with E-state index in [2.05, 4.69) is 10.3 Å². The first-order chi connectivity index (χ1) is 12.2. The van der Waals surface area contributed by atoms with Gasteiger partial charge < -0.3 is 15.0 Å². The highest BCUT2D eigenvalue weighted by atomic mass is 16.5. The zero-order chi connectivity index (χ0) is 17.6. The smallest absolute Gasteiger partial charge is 0.260 e. The second-order valence-corrected chi connectivity index (χ2v) is 5.46. The van der Waals surface area contributed by atoms with E-state index in [0.717, 1.165) is 11.4 Å². The van der Waals surface area contributed by atoms with Crippen LogP contribution in [0.25, 0.3) is 0 Å². The average Bonchev–Trinajstić information content (AvgIpc) is 2.68. The van der Waals surface area contributed by atoms with Crippen LogP contribution in [0.4, 0.5) is 17.1 Å². The molecule has 1 aromatic heterocycles. The van der Waals surface area contributed by atoms with Gasteiger partial charge in [-0.15, -0.1) is 0 Å². The van der Waals surface area contributed by atoms with Gasteiger partial charge in [0.25, 0.3) is 5.91 Å². The summed E-state index contributed by atoms with van der Waals surface area (Å²) in [5, 5.41) is 3.29. The largest absolute Gasteiger partial charge is 0.481 e. The molecule has 0 spiro atoms. The van der Waals surface area contributed by atoms with Crippen LogP contribution in [0, 0.1) is 0 Å². The number of aromatic nitrogens is 1. The van der Waals surface area contributed by atoms with Gasteiger partial charge in [-0.25, -0.2) is 4.98 Å². The van der Waals surface area contributed by atoms with Crippen molar-refractivity contribution in [2.45, 2.75) is 0 Å². The van der Waals surface area contributed by atoms with E-state index in [1.165, 1.54) is 0 Å². The molecule has 0 bridgehead atoms. The first kappa shape index (κ1) is 16.5. The van der Waals surface area contributed by atoms with E-state index < -0.39 is 0 Å². The van der Waals surface area contributed by atoms with Gasteiger partial charge in [0, 0.05) is 18.8 Å². The van der Waals surface area contributed by atoms with Gasteiger partial charge in [0.2, 0.25) is 5.88 Å². The van der Waals surface area contributed by atoms with E-state index in [4.69, 9.17) is 4.74 Å². The molecule has 1 N–H and O–H groups in total. The Bertz CT molecular complexity index is 848. The third-order valence-corrected chi connectivity index (χ3v) is 3.83. The average molecular weight is 333 g/mol. The van der Waals surface area contributed by atoms with E-state index >= 15 is 0 Å². The summed E-state index contributed by atoms with van der Waals surface area (Å²) >= 11 is 0. The van der Waals surface area contributed by atoms with E-state index in [1.807, 2.05) is 48.5 Å². The van der Waals surface area contributed by atoms with Gasteiger partial charge in [0.05, 0.1) is 30.2 Å². The number of amides is 1.